The molecule has 30 heavy (non-hydrogen) atoms. The Hall–Kier alpha value is -1.90. The van der Waals surface area contributed by atoms with Crippen LogP contribution in [-0.2, 0) is 4.79 Å². The molecule has 1 unspecified atom stereocenters. The number of hydrogen-bond acceptors (Lipinski definition) is 3. The van der Waals surface area contributed by atoms with Crippen LogP contribution in [0.25, 0.3) is 11.8 Å². The van der Waals surface area contributed by atoms with Crippen molar-refractivity contribution in [2.24, 2.45) is 0 Å². The fourth-order valence-electron chi connectivity index (χ4n) is 3.52. The summed E-state index contributed by atoms with van der Waals surface area (Å²) in [7, 11) is 0. The second-order valence-electron chi connectivity index (χ2n) is 7.22. The molecule has 1 amide bonds. The Bertz CT molecular complexity index is 1150. The maximum Gasteiger partial charge on any atom is 0.260 e. The Morgan fingerprint density at radius 2 is 1.87 bits per heavy atom. The fourth-order valence-corrected chi connectivity index (χ4v) is 5.02. The average Bonchev–Trinajstić information content (AvgIpc) is 3.18. The third-order valence-electron chi connectivity index (χ3n) is 5.06. The molecule has 0 aliphatic carbocycles. The molecule has 1 aliphatic rings. The highest BCUT2D eigenvalue weighted by molar-refractivity contribution is 14.1. The van der Waals surface area contributed by atoms with Gasteiger partial charge in [-0.15, -0.1) is 0 Å². The summed E-state index contributed by atoms with van der Waals surface area (Å²) in [6.07, 6.45) is 1.97. The van der Waals surface area contributed by atoms with Gasteiger partial charge in [-0.25, -0.2) is 0 Å². The zero-order chi connectivity index (χ0) is 21.4. The van der Waals surface area contributed by atoms with Crippen LogP contribution in [0.15, 0.2) is 53.4 Å². The minimum absolute atomic E-state index is 0.0729. The van der Waals surface area contributed by atoms with E-state index in [0.29, 0.717) is 9.93 Å². The normalized spacial score (nSPS) is 17.4. The zero-order valence-corrected chi connectivity index (χ0v) is 20.5. The van der Waals surface area contributed by atoms with Crippen LogP contribution in [0.2, 0.25) is 5.02 Å². The summed E-state index contributed by atoms with van der Waals surface area (Å²) in [5.41, 5.74) is 6.16. The molecular weight excluding hydrogens is 529 g/mol. The molecule has 1 saturated heterocycles. The van der Waals surface area contributed by atoms with E-state index in [9.17, 15) is 4.79 Å². The van der Waals surface area contributed by atoms with E-state index in [1.165, 1.54) is 15.3 Å². The Morgan fingerprint density at radius 3 is 2.60 bits per heavy atom. The van der Waals surface area contributed by atoms with Gasteiger partial charge in [0.05, 0.1) is 4.91 Å². The maximum absolute atomic E-state index is 12.6. The van der Waals surface area contributed by atoms with Crippen molar-refractivity contribution in [3.05, 3.63) is 84.5 Å². The first-order valence-electron chi connectivity index (χ1n) is 9.48. The predicted octanol–water partition coefficient (Wildman–Crippen LogP) is 6.26. The molecule has 7 heteroatoms. The fraction of sp³-hybridized carbons (Fsp3) is 0.174. The van der Waals surface area contributed by atoms with E-state index in [0.717, 1.165) is 33.9 Å². The first kappa shape index (κ1) is 21.3. The number of nitrogens with one attached hydrogen (secondary N) is 2. The summed E-state index contributed by atoms with van der Waals surface area (Å²) in [5, 5.41) is 7.01. The third-order valence-corrected chi connectivity index (χ3v) is 7.04. The van der Waals surface area contributed by atoms with E-state index >= 15 is 0 Å². The summed E-state index contributed by atoms with van der Waals surface area (Å²) in [4.78, 5) is 13.3. The minimum Gasteiger partial charge on any atom is -0.356 e. The highest BCUT2D eigenvalue weighted by Gasteiger charge is 2.28. The van der Waals surface area contributed by atoms with Gasteiger partial charge in [-0.2, -0.15) is 0 Å². The summed E-state index contributed by atoms with van der Waals surface area (Å²) in [6.45, 7) is 6.18. The Kier molecular flexibility index (Phi) is 6.18. The van der Waals surface area contributed by atoms with E-state index in [1.807, 2.05) is 31.2 Å². The number of carbonyl (C=O) groups excluding carboxylic acids is 1. The number of halogens is 2. The van der Waals surface area contributed by atoms with E-state index in [-0.39, 0.29) is 11.4 Å². The number of hydrogen-bond donors (Lipinski definition) is 2. The number of aryl methyl sites for hydroxylation is 2. The highest BCUT2D eigenvalue weighted by atomic mass is 127. The number of carbonyl (C=O) groups is 1. The van der Waals surface area contributed by atoms with Crippen LogP contribution in [0.1, 0.15) is 22.5 Å². The molecule has 1 aliphatic heterocycles. The SMILES string of the molecule is Cc1ccc(Cl)cc1NC1NC(=O)/C(=C/c2cc(C)n(-c3ccc(I)cc3)c2C)S1. The summed E-state index contributed by atoms with van der Waals surface area (Å²) < 4.78 is 3.42. The van der Waals surface area contributed by atoms with Gasteiger partial charge in [0.15, 0.2) is 5.50 Å². The van der Waals surface area contributed by atoms with Crippen molar-refractivity contribution in [2.45, 2.75) is 26.3 Å². The van der Waals surface area contributed by atoms with Crippen LogP contribution < -0.4 is 10.6 Å². The Balaban J connectivity index is 1.58. The van der Waals surface area contributed by atoms with Gasteiger partial charge >= 0.3 is 0 Å². The minimum atomic E-state index is -0.236. The standard InChI is InChI=1S/C23H21ClIN3OS/c1-13-4-5-17(24)12-20(13)26-23-27-22(29)21(30-23)11-16-10-14(2)28(15(16)3)19-8-6-18(25)7-9-19/h4-12,23,26H,1-3H3,(H,27,29)/b21-11-. The van der Waals surface area contributed by atoms with Crippen molar-refractivity contribution in [2.75, 3.05) is 5.32 Å². The van der Waals surface area contributed by atoms with Gasteiger partial charge in [0.1, 0.15) is 0 Å². The summed E-state index contributed by atoms with van der Waals surface area (Å²) in [6, 6.07) is 16.2. The van der Waals surface area contributed by atoms with Crippen LogP contribution in [0.3, 0.4) is 0 Å². The number of rotatable bonds is 4. The van der Waals surface area contributed by atoms with Crippen molar-refractivity contribution in [3.8, 4) is 5.69 Å². The number of anilines is 1. The predicted molar refractivity (Wildman–Crippen MR) is 135 cm³/mol. The lowest BCUT2D eigenvalue weighted by Crippen LogP contribution is -2.31. The lowest BCUT2D eigenvalue weighted by molar-refractivity contribution is -0.116. The molecule has 0 saturated carbocycles. The van der Waals surface area contributed by atoms with Gasteiger partial charge in [-0.05, 0) is 103 Å². The highest BCUT2D eigenvalue weighted by Crippen LogP contribution is 2.33. The molecule has 2 N–H and O–H groups in total. The molecule has 2 aromatic carbocycles. The van der Waals surface area contributed by atoms with Crippen molar-refractivity contribution in [1.29, 1.82) is 0 Å². The molecule has 154 valence electrons. The lowest BCUT2D eigenvalue weighted by atomic mass is 10.2. The summed E-state index contributed by atoms with van der Waals surface area (Å²) >= 11 is 9.90. The zero-order valence-electron chi connectivity index (χ0n) is 16.8. The van der Waals surface area contributed by atoms with Crippen LogP contribution in [0, 0.1) is 24.3 Å². The number of benzene rings is 2. The van der Waals surface area contributed by atoms with Crippen molar-refractivity contribution < 1.29 is 4.79 Å². The molecular formula is C23H21ClIN3OS. The van der Waals surface area contributed by atoms with Crippen LogP contribution in [0.5, 0.6) is 0 Å². The molecule has 4 rings (SSSR count). The van der Waals surface area contributed by atoms with Crippen LogP contribution >= 0.6 is 46.0 Å². The van der Waals surface area contributed by atoms with Gasteiger partial charge in [0, 0.05) is 31.4 Å². The van der Waals surface area contributed by atoms with Crippen LogP contribution in [-0.4, -0.2) is 16.0 Å². The topological polar surface area (TPSA) is 46.1 Å². The van der Waals surface area contributed by atoms with E-state index in [2.05, 4.69) is 82.0 Å². The molecule has 1 atom stereocenters. The Labute approximate surface area is 199 Å². The molecule has 0 bridgehead atoms. The third kappa shape index (κ3) is 4.40. The molecule has 0 spiro atoms. The van der Waals surface area contributed by atoms with Gasteiger partial charge in [-0.3, -0.25) is 4.79 Å². The monoisotopic (exact) mass is 549 g/mol. The second kappa shape index (κ2) is 8.69. The van der Waals surface area contributed by atoms with Gasteiger partial charge < -0.3 is 15.2 Å². The first-order chi connectivity index (χ1) is 14.3. The molecule has 2 heterocycles. The molecule has 4 nitrogen and oxygen atoms in total. The summed E-state index contributed by atoms with van der Waals surface area (Å²) in [5.74, 6) is -0.0729. The molecule has 1 fully saturated rings. The lowest BCUT2D eigenvalue weighted by Gasteiger charge is -2.15. The van der Waals surface area contributed by atoms with E-state index in [1.54, 1.807) is 0 Å². The average molecular weight is 550 g/mol. The number of amides is 1. The molecule has 0 radical (unpaired) electrons. The van der Waals surface area contributed by atoms with Crippen molar-refractivity contribution >= 4 is 63.6 Å². The quantitative estimate of drug-likeness (QED) is 0.298. The first-order valence-corrected chi connectivity index (χ1v) is 11.8. The van der Waals surface area contributed by atoms with Gasteiger partial charge in [-0.1, -0.05) is 29.4 Å². The maximum atomic E-state index is 12.6. The smallest absolute Gasteiger partial charge is 0.260 e. The number of nitrogens with zero attached hydrogens (tertiary/aromatic N) is 1. The Morgan fingerprint density at radius 1 is 1.13 bits per heavy atom. The van der Waals surface area contributed by atoms with Gasteiger partial charge in [0.2, 0.25) is 0 Å². The van der Waals surface area contributed by atoms with Crippen molar-refractivity contribution in [1.82, 2.24) is 9.88 Å². The van der Waals surface area contributed by atoms with E-state index < -0.39 is 0 Å². The second-order valence-corrected chi connectivity index (χ2v) is 10.1. The molecule has 1 aromatic heterocycles. The van der Waals surface area contributed by atoms with Gasteiger partial charge in [0.25, 0.3) is 5.91 Å². The largest absolute Gasteiger partial charge is 0.356 e. The van der Waals surface area contributed by atoms with Crippen molar-refractivity contribution in [3.63, 3.8) is 0 Å². The number of thioether (sulfide) groups is 1. The van der Waals surface area contributed by atoms with E-state index in [4.69, 9.17) is 11.6 Å². The molecule has 3 aromatic rings. The number of aromatic nitrogens is 1. The van der Waals surface area contributed by atoms with Crippen LogP contribution in [0.4, 0.5) is 5.69 Å².